The van der Waals surface area contributed by atoms with Crippen molar-refractivity contribution < 1.29 is 18.7 Å². The van der Waals surface area contributed by atoms with Gasteiger partial charge in [0.2, 0.25) is 0 Å². The third-order valence-corrected chi connectivity index (χ3v) is 6.91. The van der Waals surface area contributed by atoms with Gasteiger partial charge in [-0.05, 0) is 63.1 Å². The summed E-state index contributed by atoms with van der Waals surface area (Å²) < 4.78 is 11.4. The van der Waals surface area contributed by atoms with Gasteiger partial charge < -0.3 is 14.5 Å². The third kappa shape index (κ3) is 4.56. The van der Waals surface area contributed by atoms with E-state index in [1.54, 1.807) is 25.1 Å². The summed E-state index contributed by atoms with van der Waals surface area (Å²) in [5.74, 6) is -1.19. The fourth-order valence-corrected chi connectivity index (χ4v) is 5.21. The van der Waals surface area contributed by atoms with Crippen LogP contribution in [0, 0.1) is 20.8 Å². The lowest BCUT2D eigenvalue weighted by Crippen LogP contribution is -2.21. The average Bonchev–Trinajstić information content (AvgIpc) is 3.10. The maximum atomic E-state index is 13.1. The number of thiophene rings is 1. The first kappa shape index (κ1) is 23.9. The van der Waals surface area contributed by atoms with Crippen LogP contribution in [-0.4, -0.2) is 18.5 Å². The van der Waals surface area contributed by atoms with Crippen LogP contribution in [0.2, 0.25) is 0 Å². The SMILES string of the molecule is CCOC(=O)c1c(NC(=O)c2cc3cc(Br)ccc3oc2=O)sc(C)c1-c1cc(C)ccc1C. The Morgan fingerprint density at radius 2 is 1.85 bits per heavy atom. The zero-order valence-corrected chi connectivity index (χ0v) is 21.5. The maximum Gasteiger partial charge on any atom is 0.349 e. The van der Waals surface area contributed by atoms with Crippen LogP contribution in [0.15, 0.2) is 56.1 Å². The van der Waals surface area contributed by atoms with Gasteiger partial charge in [-0.1, -0.05) is 39.7 Å². The Kier molecular flexibility index (Phi) is 6.72. The van der Waals surface area contributed by atoms with E-state index < -0.39 is 17.5 Å². The number of fused-ring (bicyclic) bond motifs is 1. The van der Waals surface area contributed by atoms with Crippen molar-refractivity contribution in [3.8, 4) is 11.1 Å². The summed E-state index contributed by atoms with van der Waals surface area (Å²) >= 11 is 4.65. The van der Waals surface area contributed by atoms with E-state index in [0.29, 0.717) is 16.0 Å². The van der Waals surface area contributed by atoms with Crippen molar-refractivity contribution in [2.45, 2.75) is 27.7 Å². The van der Waals surface area contributed by atoms with E-state index in [-0.39, 0.29) is 17.7 Å². The van der Waals surface area contributed by atoms with Crippen molar-refractivity contribution >= 4 is 55.1 Å². The molecular weight excluding hydrogens is 518 g/mol. The Bertz CT molecular complexity index is 1500. The Balaban J connectivity index is 1.82. The molecule has 0 bridgehead atoms. The van der Waals surface area contributed by atoms with Crippen molar-refractivity contribution in [1.82, 2.24) is 0 Å². The number of halogens is 1. The first-order chi connectivity index (χ1) is 16.2. The minimum absolute atomic E-state index is 0.153. The first-order valence-corrected chi connectivity index (χ1v) is 12.2. The van der Waals surface area contributed by atoms with Crippen LogP contribution in [0.25, 0.3) is 22.1 Å². The first-order valence-electron chi connectivity index (χ1n) is 10.6. The molecule has 0 saturated carbocycles. The number of hydrogen-bond acceptors (Lipinski definition) is 6. The number of nitrogens with one attached hydrogen (secondary N) is 1. The summed E-state index contributed by atoms with van der Waals surface area (Å²) in [7, 11) is 0. The highest BCUT2D eigenvalue weighted by molar-refractivity contribution is 9.10. The number of rotatable bonds is 5. The minimum Gasteiger partial charge on any atom is -0.462 e. The molecule has 4 aromatic rings. The molecule has 2 aromatic carbocycles. The molecule has 2 heterocycles. The van der Waals surface area contributed by atoms with E-state index in [1.807, 2.05) is 39.0 Å². The quantitative estimate of drug-likeness (QED) is 0.227. The Labute approximate surface area is 208 Å². The van der Waals surface area contributed by atoms with E-state index in [1.165, 1.54) is 17.4 Å². The molecule has 6 nitrogen and oxygen atoms in total. The third-order valence-electron chi connectivity index (χ3n) is 5.39. The largest absolute Gasteiger partial charge is 0.462 e. The number of amides is 1. The van der Waals surface area contributed by atoms with Gasteiger partial charge in [0, 0.05) is 20.3 Å². The van der Waals surface area contributed by atoms with Crippen LogP contribution in [0.4, 0.5) is 5.00 Å². The average molecular weight is 540 g/mol. The lowest BCUT2D eigenvalue weighted by atomic mass is 9.95. The van der Waals surface area contributed by atoms with Gasteiger partial charge in [0.25, 0.3) is 5.91 Å². The number of hydrogen-bond donors (Lipinski definition) is 1. The molecule has 0 aliphatic rings. The normalized spacial score (nSPS) is 11.0. The van der Waals surface area contributed by atoms with Gasteiger partial charge in [-0.3, -0.25) is 4.79 Å². The van der Waals surface area contributed by atoms with E-state index in [9.17, 15) is 14.4 Å². The predicted molar refractivity (Wildman–Crippen MR) is 138 cm³/mol. The molecular formula is C26H22BrNO5S. The van der Waals surface area contributed by atoms with Crippen LogP contribution in [0.3, 0.4) is 0 Å². The molecule has 2 aromatic heterocycles. The van der Waals surface area contributed by atoms with E-state index in [2.05, 4.69) is 21.2 Å². The standard InChI is InChI=1S/C26H22BrNO5S/c1-5-32-26(31)22-21(18-10-13(2)6-7-14(18)3)15(4)34-24(22)28-23(29)19-12-16-11-17(27)8-9-20(16)33-25(19)30/h6-12H,5H2,1-4H3,(H,28,29). The Morgan fingerprint density at radius 1 is 1.09 bits per heavy atom. The number of carbonyl (C=O) groups excluding carboxylic acids is 2. The topological polar surface area (TPSA) is 85.6 Å². The highest BCUT2D eigenvalue weighted by Gasteiger charge is 2.27. The number of aryl methyl sites for hydroxylation is 3. The van der Waals surface area contributed by atoms with Gasteiger partial charge in [0.15, 0.2) is 0 Å². The van der Waals surface area contributed by atoms with Crippen molar-refractivity contribution in [3.05, 3.63) is 84.5 Å². The lowest BCUT2D eigenvalue weighted by Gasteiger charge is -2.12. The molecule has 0 spiro atoms. The summed E-state index contributed by atoms with van der Waals surface area (Å²) in [4.78, 5) is 39.5. The number of ether oxygens (including phenoxy) is 1. The molecule has 4 rings (SSSR count). The van der Waals surface area contributed by atoms with Crippen molar-refractivity contribution in [1.29, 1.82) is 0 Å². The summed E-state index contributed by atoms with van der Waals surface area (Å²) in [6.45, 7) is 7.76. The molecule has 8 heteroatoms. The zero-order chi connectivity index (χ0) is 24.6. The van der Waals surface area contributed by atoms with Gasteiger partial charge in [0.05, 0.1) is 6.61 Å². The molecule has 0 unspecified atom stereocenters. The summed E-state index contributed by atoms with van der Waals surface area (Å²) in [5.41, 5.74) is 3.40. The van der Waals surface area contributed by atoms with Gasteiger partial charge >= 0.3 is 11.6 Å². The second kappa shape index (κ2) is 9.56. The molecule has 0 radical (unpaired) electrons. The number of anilines is 1. The van der Waals surface area contributed by atoms with Gasteiger partial charge in [-0.15, -0.1) is 11.3 Å². The van der Waals surface area contributed by atoms with E-state index in [0.717, 1.165) is 31.6 Å². The van der Waals surface area contributed by atoms with Crippen molar-refractivity contribution in [2.75, 3.05) is 11.9 Å². The monoisotopic (exact) mass is 539 g/mol. The highest BCUT2D eigenvalue weighted by Crippen LogP contribution is 2.42. The highest BCUT2D eigenvalue weighted by atomic mass is 79.9. The Morgan fingerprint density at radius 3 is 2.59 bits per heavy atom. The second-order valence-electron chi connectivity index (χ2n) is 7.86. The van der Waals surface area contributed by atoms with E-state index in [4.69, 9.17) is 9.15 Å². The molecule has 0 fully saturated rings. The van der Waals surface area contributed by atoms with Gasteiger partial charge in [-0.25, -0.2) is 9.59 Å². The fourth-order valence-electron chi connectivity index (χ4n) is 3.78. The molecule has 0 atom stereocenters. The molecule has 1 N–H and O–H groups in total. The predicted octanol–water partition coefficient (Wildman–Crippen LogP) is 6.64. The van der Waals surface area contributed by atoms with Crippen LogP contribution in [0.1, 0.15) is 43.6 Å². The van der Waals surface area contributed by atoms with Crippen LogP contribution in [-0.2, 0) is 4.74 Å². The number of benzene rings is 2. The molecule has 1 amide bonds. The number of esters is 1. The zero-order valence-electron chi connectivity index (χ0n) is 19.1. The van der Waals surface area contributed by atoms with Gasteiger partial charge in [-0.2, -0.15) is 0 Å². The van der Waals surface area contributed by atoms with Crippen molar-refractivity contribution in [3.63, 3.8) is 0 Å². The summed E-state index contributed by atoms with van der Waals surface area (Å²) in [6.07, 6.45) is 0. The number of carbonyl (C=O) groups is 2. The maximum absolute atomic E-state index is 13.1. The molecule has 174 valence electrons. The van der Waals surface area contributed by atoms with Crippen LogP contribution in [0.5, 0.6) is 0 Å². The fraction of sp³-hybridized carbons (Fsp3) is 0.192. The molecule has 0 aliphatic heterocycles. The summed E-state index contributed by atoms with van der Waals surface area (Å²) in [6, 6.07) is 12.7. The molecule has 0 saturated heterocycles. The van der Waals surface area contributed by atoms with Crippen molar-refractivity contribution in [2.24, 2.45) is 0 Å². The summed E-state index contributed by atoms with van der Waals surface area (Å²) in [5, 5.41) is 3.68. The smallest absolute Gasteiger partial charge is 0.349 e. The van der Waals surface area contributed by atoms with E-state index >= 15 is 0 Å². The van der Waals surface area contributed by atoms with Crippen LogP contribution >= 0.6 is 27.3 Å². The second-order valence-corrected chi connectivity index (χ2v) is 10.0. The minimum atomic E-state index is -0.756. The van der Waals surface area contributed by atoms with Gasteiger partial charge in [0.1, 0.15) is 21.7 Å². The molecule has 0 aliphatic carbocycles. The lowest BCUT2D eigenvalue weighted by molar-refractivity contribution is 0.0529. The Hall–Kier alpha value is -3.23. The molecule has 34 heavy (non-hydrogen) atoms. The van der Waals surface area contributed by atoms with Crippen LogP contribution < -0.4 is 10.9 Å².